The lowest BCUT2D eigenvalue weighted by Gasteiger charge is -2.10. The van der Waals surface area contributed by atoms with E-state index in [-0.39, 0.29) is 0 Å². The molecule has 5 heteroatoms. The second-order valence-electron chi connectivity index (χ2n) is 4.54. The average molecular weight is 292 g/mol. The van der Waals surface area contributed by atoms with E-state index in [2.05, 4.69) is 22.2 Å². The van der Waals surface area contributed by atoms with Crippen LogP contribution in [0.3, 0.4) is 0 Å². The smallest absolute Gasteiger partial charge is 0.224 e. The van der Waals surface area contributed by atoms with Crippen molar-refractivity contribution in [3.63, 3.8) is 0 Å². The highest BCUT2D eigenvalue weighted by atomic mass is 35.5. The highest BCUT2D eigenvalue weighted by molar-refractivity contribution is 6.32. The molecule has 0 aliphatic heterocycles. The molecule has 0 amide bonds. The van der Waals surface area contributed by atoms with Crippen LogP contribution in [0.2, 0.25) is 5.02 Å². The standard InChI is InChI=1S/C15H18ClN3O/c1-4-5-13-18-14(17-3)9-15(19-13)20-12-8-10(2)6-7-11(12)16/h6-9H,4-5H2,1-3H3,(H,17,18,19). The van der Waals surface area contributed by atoms with Gasteiger partial charge in [0.25, 0.3) is 0 Å². The lowest BCUT2D eigenvalue weighted by Crippen LogP contribution is -2.02. The normalized spacial score (nSPS) is 10.4. The van der Waals surface area contributed by atoms with E-state index in [0.29, 0.717) is 16.7 Å². The van der Waals surface area contributed by atoms with Gasteiger partial charge in [0.05, 0.1) is 5.02 Å². The van der Waals surface area contributed by atoms with Gasteiger partial charge in [0.1, 0.15) is 17.4 Å². The maximum absolute atomic E-state index is 6.14. The molecule has 2 aromatic rings. The van der Waals surface area contributed by atoms with Crippen molar-refractivity contribution in [2.45, 2.75) is 26.7 Å². The minimum Gasteiger partial charge on any atom is -0.437 e. The maximum atomic E-state index is 6.14. The Labute approximate surface area is 124 Å². The lowest BCUT2D eigenvalue weighted by molar-refractivity contribution is 0.458. The quantitative estimate of drug-likeness (QED) is 0.896. The third kappa shape index (κ3) is 3.61. The Kier molecular flexibility index (Phi) is 4.79. The molecule has 0 radical (unpaired) electrons. The number of anilines is 1. The molecule has 1 aromatic heterocycles. The van der Waals surface area contributed by atoms with Crippen molar-refractivity contribution in [1.29, 1.82) is 0 Å². The topological polar surface area (TPSA) is 47.0 Å². The molecule has 4 nitrogen and oxygen atoms in total. The van der Waals surface area contributed by atoms with E-state index < -0.39 is 0 Å². The number of benzene rings is 1. The van der Waals surface area contributed by atoms with Crippen molar-refractivity contribution in [1.82, 2.24) is 9.97 Å². The number of hydrogen-bond donors (Lipinski definition) is 1. The molecule has 1 heterocycles. The Hall–Kier alpha value is -1.81. The summed E-state index contributed by atoms with van der Waals surface area (Å²) in [5.74, 6) is 2.61. The second-order valence-corrected chi connectivity index (χ2v) is 4.95. The number of rotatable bonds is 5. The van der Waals surface area contributed by atoms with Gasteiger partial charge in [0.15, 0.2) is 0 Å². The van der Waals surface area contributed by atoms with Crippen LogP contribution in [0.15, 0.2) is 24.3 Å². The van der Waals surface area contributed by atoms with Crippen LogP contribution in [0, 0.1) is 6.92 Å². The Morgan fingerprint density at radius 2 is 2.05 bits per heavy atom. The van der Waals surface area contributed by atoms with Gasteiger partial charge in [0, 0.05) is 19.5 Å². The van der Waals surface area contributed by atoms with Crippen molar-refractivity contribution in [2.24, 2.45) is 0 Å². The van der Waals surface area contributed by atoms with Gasteiger partial charge in [-0.1, -0.05) is 24.6 Å². The number of nitrogens with one attached hydrogen (secondary N) is 1. The number of halogens is 1. The molecule has 0 atom stereocenters. The summed E-state index contributed by atoms with van der Waals surface area (Å²) in [6.45, 7) is 4.08. The van der Waals surface area contributed by atoms with Crippen LogP contribution >= 0.6 is 11.6 Å². The number of aromatic nitrogens is 2. The third-order valence-corrected chi connectivity index (χ3v) is 3.09. The maximum Gasteiger partial charge on any atom is 0.224 e. The molecule has 1 aromatic carbocycles. The van der Waals surface area contributed by atoms with Crippen molar-refractivity contribution in [3.8, 4) is 11.6 Å². The second kappa shape index (κ2) is 6.57. The fraction of sp³-hybridized carbons (Fsp3) is 0.333. The van der Waals surface area contributed by atoms with Crippen LogP contribution in [0.25, 0.3) is 0 Å². The van der Waals surface area contributed by atoms with Crippen molar-refractivity contribution >= 4 is 17.4 Å². The Morgan fingerprint density at radius 1 is 1.25 bits per heavy atom. The highest BCUT2D eigenvalue weighted by Crippen LogP contribution is 2.30. The van der Waals surface area contributed by atoms with Crippen molar-refractivity contribution in [3.05, 3.63) is 40.7 Å². The highest BCUT2D eigenvalue weighted by Gasteiger charge is 2.08. The number of ether oxygens (including phenoxy) is 1. The van der Waals surface area contributed by atoms with Crippen LogP contribution in [-0.2, 0) is 6.42 Å². The SMILES string of the molecule is CCCc1nc(NC)cc(Oc2cc(C)ccc2Cl)n1. The Bertz CT molecular complexity index is 602. The van der Waals surface area contributed by atoms with Gasteiger partial charge < -0.3 is 10.1 Å². The molecule has 2 rings (SSSR count). The first-order valence-electron chi connectivity index (χ1n) is 6.62. The summed E-state index contributed by atoms with van der Waals surface area (Å²) < 4.78 is 5.80. The fourth-order valence-corrected chi connectivity index (χ4v) is 1.95. The monoisotopic (exact) mass is 291 g/mol. The molecule has 0 aliphatic carbocycles. The molecular formula is C15H18ClN3O. The lowest BCUT2D eigenvalue weighted by atomic mass is 10.2. The first-order valence-corrected chi connectivity index (χ1v) is 7.00. The zero-order chi connectivity index (χ0) is 14.5. The summed E-state index contributed by atoms with van der Waals surface area (Å²) >= 11 is 6.14. The van der Waals surface area contributed by atoms with Gasteiger partial charge in [-0.05, 0) is 31.0 Å². The zero-order valence-electron chi connectivity index (χ0n) is 11.9. The van der Waals surface area contributed by atoms with E-state index in [9.17, 15) is 0 Å². The van der Waals surface area contributed by atoms with Crippen LogP contribution in [0.1, 0.15) is 24.7 Å². The third-order valence-electron chi connectivity index (χ3n) is 2.78. The van der Waals surface area contributed by atoms with E-state index in [1.807, 2.05) is 32.2 Å². The van der Waals surface area contributed by atoms with Gasteiger partial charge in [-0.15, -0.1) is 0 Å². The van der Waals surface area contributed by atoms with E-state index in [0.717, 1.165) is 30.0 Å². The predicted molar refractivity (Wildman–Crippen MR) is 81.8 cm³/mol. The molecular weight excluding hydrogens is 274 g/mol. The summed E-state index contributed by atoms with van der Waals surface area (Å²) in [4.78, 5) is 8.79. The zero-order valence-corrected chi connectivity index (χ0v) is 12.7. The van der Waals surface area contributed by atoms with E-state index in [4.69, 9.17) is 16.3 Å². The molecule has 106 valence electrons. The van der Waals surface area contributed by atoms with Gasteiger partial charge in [0.2, 0.25) is 5.88 Å². The molecule has 0 fully saturated rings. The van der Waals surface area contributed by atoms with Crippen molar-refractivity contribution in [2.75, 3.05) is 12.4 Å². The van der Waals surface area contributed by atoms with Crippen LogP contribution in [0.5, 0.6) is 11.6 Å². The molecule has 20 heavy (non-hydrogen) atoms. The molecule has 0 saturated heterocycles. The molecule has 0 spiro atoms. The van der Waals surface area contributed by atoms with Crippen molar-refractivity contribution < 1.29 is 4.74 Å². The van der Waals surface area contributed by atoms with Gasteiger partial charge in [-0.25, -0.2) is 4.98 Å². The van der Waals surface area contributed by atoms with Gasteiger partial charge >= 0.3 is 0 Å². The predicted octanol–water partition coefficient (Wildman–Crippen LogP) is 4.22. The largest absolute Gasteiger partial charge is 0.437 e. The number of nitrogens with zero attached hydrogens (tertiary/aromatic N) is 2. The van der Waals surface area contributed by atoms with Gasteiger partial charge in [-0.2, -0.15) is 4.98 Å². The van der Waals surface area contributed by atoms with E-state index in [1.54, 1.807) is 6.07 Å². The van der Waals surface area contributed by atoms with E-state index >= 15 is 0 Å². The van der Waals surface area contributed by atoms with E-state index in [1.165, 1.54) is 0 Å². The Morgan fingerprint density at radius 3 is 2.75 bits per heavy atom. The fourth-order valence-electron chi connectivity index (χ4n) is 1.79. The summed E-state index contributed by atoms with van der Waals surface area (Å²) in [6, 6.07) is 7.41. The molecule has 0 saturated carbocycles. The molecule has 1 N–H and O–H groups in total. The molecule has 0 aliphatic rings. The summed E-state index contributed by atoms with van der Waals surface area (Å²) in [5.41, 5.74) is 1.08. The Balaban J connectivity index is 2.32. The van der Waals surface area contributed by atoms with Crippen LogP contribution in [-0.4, -0.2) is 17.0 Å². The minimum absolute atomic E-state index is 0.500. The van der Waals surface area contributed by atoms with Crippen LogP contribution in [0.4, 0.5) is 5.82 Å². The first kappa shape index (κ1) is 14.6. The molecule has 0 bridgehead atoms. The molecule has 0 unspecified atom stereocenters. The minimum atomic E-state index is 0.500. The summed E-state index contributed by atoms with van der Waals surface area (Å²) in [7, 11) is 1.82. The van der Waals surface area contributed by atoms with Gasteiger partial charge in [-0.3, -0.25) is 0 Å². The average Bonchev–Trinajstić information content (AvgIpc) is 2.43. The summed E-state index contributed by atoms with van der Waals surface area (Å²) in [6.07, 6.45) is 1.80. The summed E-state index contributed by atoms with van der Waals surface area (Å²) in [5, 5.41) is 3.58. The number of hydrogen-bond acceptors (Lipinski definition) is 4. The number of aryl methyl sites for hydroxylation is 2. The van der Waals surface area contributed by atoms with Crippen LogP contribution < -0.4 is 10.1 Å². The first-order chi connectivity index (χ1) is 9.62.